The van der Waals surface area contributed by atoms with E-state index < -0.39 is 10.0 Å². The molecule has 6 heteroatoms. The summed E-state index contributed by atoms with van der Waals surface area (Å²) in [5.41, 5.74) is 2.71. The van der Waals surface area contributed by atoms with Crippen LogP contribution >= 0.6 is 11.6 Å². The van der Waals surface area contributed by atoms with Crippen LogP contribution in [0.15, 0.2) is 35.5 Å². The van der Waals surface area contributed by atoms with Gasteiger partial charge in [0.1, 0.15) is 0 Å². The summed E-state index contributed by atoms with van der Waals surface area (Å²) in [4.78, 5) is 4.15. The maximum atomic E-state index is 12.5. The second-order valence-corrected chi connectivity index (χ2v) is 6.72. The molecule has 1 aromatic carbocycles. The first-order valence-electron chi connectivity index (χ1n) is 6.01. The summed E-state index contributed by atoms with van der Waals surface area (Å²) in [7, 11) is -3.69. The molecule has 20 heavy (non-hydrogen) atoms. The Morgan fingerprint density at radius 1 is 1.15 bits per heavy atom. The molecule has 0 atom stereocenters. The van der Waals surface area contributed by atoms with Crippen LogP contribution in [0.2, 0.25) is 5.02 Å². The van der Waals surface area contributed by atoms with E-state index in [1.165, 1.54) is 18.5 Å². The number of anilines is 1. The molecule has 0 saturated heterocycles. The van der Waals surface area contributed by atoms with E-state index in [1.807, 2.05) is 19.1 Å². The van der Waals surface area contributed by atoms with Crippen LogP contribution in [-0.4, -0.2) is 13.4 Å². The molecule has 1 heterocycles. The molecule has 0 radical (unpaired) electrons. The molecule has 4 nitrogen and oxygen atoms in total. The maximum Gasteiger partial charge on any atom is 0.262 e. The number of sulfonamides is 1. The van der Waals surface area contributed by atoms with Crippen molar-refractivity contribution in [1.29, 1.82) is 0 Å². The zero-order chi connectivity index (χ0) is 14.9. The summed E-state index contributed by atoms with van der Waals surface area (Å²) in [6.45, 7) is 5.49. The molecule has 0 unspecified atom stereocenters. The zero-order valence-corrected chi connectivity index (χ0v) is 13.0. The van der Waals surface area contributed by atoms with Gasteiger partial charge in [-0.2, -0.15) is 0 Å². The SMILES string of the molecule is Cc1cc(C)c(S(=O)(=O)Nc2cnccc2Cl)c(C)c1. The number of benzene rings is 1. The molecule has 2 aromatic rings. The average molecular weight is 311 g/mol. The minimum absolute atomic E-state index is 0.272. The number of nitrogens with one attached hydrogen (secondary N) is 1. The molecule has 1 aromatic heterocycles. The highest BCUT2D eigenvalue weighted by Crippen LogP contribution is 2.27. The number of halogens is 1. The molecule has 0 aliphatic heterocycles. The third kappa shape index (κ3) is 2.94. The third-order valence-corrected chi connectivity index (χ3v) is 4.89. The van der Waals surface area contributed by atoms with Gasteiger partial charge in [0, 0.05) is 6.20 Å². The molecule has 0 bridgehead atoms. The number of aryl methyl sites for hydroxylation is 3. The second-order valence-electron chi connectivity index (χ2n) is 4.69. The van der Waals surface area contributed by atoms with Gasteiger partial charge in [-0.15, -0.1) is 0 Å². The molecular formula is C14H15ClN2O2S. The molecule has 106 valence electrons. The Hall–Kier alpha value is -1.59. The minimum atomic E-state index is -3.69. The van der Waals surface area contributed by atoms with Gasteiger partial charge >= 0.3 is 0 Å². The highest BCUT2D eigenvalue weighted by molar-refractivity contribution is 7.92. The van der Waals surface area contributed by atoms with E-state index in [4.69, 9.17) is 11.6 Å². The summed E-state index contributed by atoms with van der Waals surface area (Å²) >= 11 is 5.96. The van der Waals surface area contributed by atoms with E-state index in [1.54, 1.807) is 13.8 Å². The van der Waals surface area contributed by atoms with Crippen molar-refractivity contribution in [2.75, 3.05) is 4.72 Å². The molecule has 0 aliphatic rings. The summed E-state index contributed by atoms with van der Waals surface area (Å²) in [5, 5.41) is 0.311. The number of hydrogen-bond acceptors (Lipinski definition) is 3. The Balaban J connectivity index is 2.50. The van der Waals surface area contributed by atoms with Crippen molar-refractivity contribution in [2.24, 2.45) is 0 Å². The van der Waals surface area contributed by atoms with E-state index in [2.05, 4.69) is 9.71 Å². The largest absolute Gasteiger partial charge is 0.277 e. The van der Waals surface area contributed by atoms with E-state index in [0.29, 0.717) is 16.1 Å². The standard InChI is InChI=1S/C14H15ClN2O2S/c1-9-6-10(2)14(11(3)7-9)20(18,19)17-13-8-16-5-4-12(13)15/h4-8,17H,1-3H3. The van der Waals surface area contributed by atoms with Gasteiger partial charge in [0.2, 0.25) is 0 Å². The smallest absolute Gasteiger partial charge is 0.262 e. The predicted octanol–water partition coefficient (Wildman–Crippen LogP) is 3.46. The van der Waals surface area contributed by atoms with Crippen molar-refractivity contribution in [1.82, 2.24) is 4.98 Å². The fraction of sp³-hybridized carbons (Fsp3) is 0.214. The van der Waals surface area contributed by atoms with Crippen molar-refractivity contribution < 1.29 is 8.42 Å². The Morgan fingerprint density at radius 2 is 1.75 bits per heavy atom. The van der Waals surface area contributed by atoms with Crippen LogP contribution in [-0.2, 0) is 10.0 Å². The molecule has 0 amide bonds. The average Bonchev–Trinajstić information content (AvgIpc) is 2.30. The van der Waals surface area contributed by atoms with E-state index >= 15 is 0 Å². The molecule has 0 fully saturated rings. The summed E-state index contributed by atoms with van der Waals surface area (Å²) in [6, 6.07) is 5.22. The summed E-state index contributed by atoms with van der Waals surface area (Å²) in [5.74, 6) is 0. The number of pyridine rings is 1. The van der Waals surface area contributed by atoms with Crippen LogP contribution in [0.25, 0.3) is 0 Å². The highest BCUT2D eigenvalue weighted by atomic mass is 35.5. The maximum absolute atomic E-state index is 12.5. The lowest BCUT2D eigenvalue weighted by Crippen LogP contribution is -2.16. The first-order valence-corrected chi connectivity index (χ1v) is 7.87. The van der Waals surface area contributed by atoms with Gasteiger partial charge in [-0.05, 0) is 38.0 Å². The zero-order valence-electron chi connectivity index (χ0n) is 11.4. The first kappa shape index (κ1) is 14.8. The molecule has 2 rings (SSSR count). The van der Waals surface area contributed by atoms with E-state index in [-0.39, 0.29) is 10.6 Å². The van der Waals surface area contributed by atoms with Crippen LogP contribution in [0.4, 0.5) is 5.69 Å². The highest BCUT2D eigenvalue weighted by Gasteiger charge is 2.20. The van der Waals surface area contributed by atoms with Gasteiger partial charge < -0.3 is 0 Å². The van der Waals surface area contributed by atoms with Gasteiger partial charge in [-0.25, -0.2) is 8.42 Å². The third-order valence-electron chi connectivity index (χ3n) is 2.89. The van der Waals surface area contributed by atoms with Crippen molar-refractivity contribution in [3.63, 3.8) is 0 Å². The molecule has 1 N–H and O–H groups in total. The second kappa shape index (κ2) is 5.42. The molecule has 0 saturated carbocycles. The lowest BCUT2D eigenvalue weighted by molar-refractivity contribution is 0.600. The van der Waals surface area contributed by atoms with Crippen LogP contribution in [0.3, 0.4) is 0 Å². The summed E-state index contributed by atoms with van der Waals surface area (Å²) in [6.07, 6.45) is 2.89. The Labute approximate surface area is 123 Å². The normalized spacial score (nSPS) is 11.4. The number of rotatable bonds is 3. The molecular weight excluding hydrogens is 296 g/mol. The van der Waals surface area contributed by atoms with Crippen LogP contribution in [0.1, 0.15) is 16.7 Å². The number of nitrogens with zero attached hydrogens (tertiary/aromatic N) is 1. The van der Waals surface area contributed by atoms with Gasteiger partial charge in [-0.3, -0.25) is 9.71 Å². The fourth-order valence-electron chi connectivity index (χ4n) is 2.24. The van der Waals surface area contributed by atoms with Gasteiger partial charge in [0.15, 0.2) is 0 Å². The Morgan fingerprint density at radius 3 is 2.30 bits per heavy atom. The first-order chi connectivity index (χ1) is 9.31. The van der Waals surface area contributed by atoms with Gasteiger partial charge in [-0.1, -0.05) is 29.3 Å². The van der Waals surface area contributed by atoms with E-state index in [9.17, 15) is 8.42 Å². The monoisotopic (exact) mass is 310 g/mol. The Bertz CT molecular complexity index is 735. The predicted molar refractivity (Wildman–Crippen MR) is 80.7 cm³/mol. The van der Waals surface area contributed by atoms with Crippen molar-refractivity contribution in [2.45, 2.75) is 25.7 Å². The molecule has 0 aliphatic carbocycles. The van der Waals surface area contributed by atoms with Crippen LogP contribution in [0.5, 0.6) is 0 Å². The van der Waals surface area contributed by atoms with Crippen LogP contribution < -0.4 is 4.72 Å². The van der Waals surface area contributed by atoms with Crippen LogP contribution in [0, 0.1) is 20.8 Å². The van der Waals surface area contributed by atoms with E-state index in [0.717, 1.165) is 5.56 Å². The number of hydrogen-bond donors (Lipinski definition) is 1. The minimum Gasteiger partial charge on any atom is -0.277 e. The molecule has 0 spiro atoms. The quantitative estimate of drug-likeness (QED) is 0.944. The summed E-state index contributed by atoms with van der Waals surface area (Å²) < 4.78 is 27.5. The number of aromatic nitrogens is 1. The Kier molecular flexibility index (Phi) is 4.01. The van der Waals surface area contributed by atoms with Gasteiger partial charge in [0.25, 0.3) is 10.0 Å². The van der Waals surface area contributed by atoms with Crippen molar-refractivity contribution >= 4 is 27.3 Å². The fourth-order valence-corrected chi connectivity index (χ4v) is 3.97. The van der Waals surface area contributed by atoms with Gasteiger partial charge in [0.05, 0.1) is 21.8 Å². The van der Waals surface area contributed by atoms with Crippen molar-refractivity contribution in [3.05, 3.63) is 52.3 Å². The lowest BCUT2D eigenvalue weighted by Gasteiger charge is -2.14. The van der Waals surface area contributed by atoms with Crippen molar-refractivity contribution in [3.8, 4) is 0 Å². The topological polar surface area (TPSA) is 59.1 Å². The lowest BCUT2D eigenvalue weighted by atomic mass is 10.1.